The van der Waals surface area contributed by atoms with E-state index in [1.54, 1.807) is 7.05 Å². The van der Waals surface area contributed by atoms with Gasteiger partial charge >= 0.3 is 6.18 Å². The van der Waals surface area contributed by atoms with Crippen molar-refractivity contribution in [2.24, 2.45) is 4.99 Å². The number of likely N-dealkylation sites (tertiary alicyclic amines) is 1. The van der Waals surface area contributed by atoms with Crippen LogP contribution >= 0.6 is 24.0 Å². The smallest absolute Gasteiger partial charge is 0.356 e. The first-order valence-electron chi connectivity index (χ1n) is 9.09. The third-order valence-electron chi connectivity index (χ3n) is 4.58. The van der Waals surface area contributed by atoms with Gasteiger partial charge in [-0.25, -0.2) is 0 Å². The maximum atomic E-state index is 12.3. The molecule has 1 aliphatic heterocycles. The lowest BCUT2D eigenvalue weighted by Gasteiger charge is -2.41. The number of hydrogen-bond donors (Lipinski definition) is 2. The molecule has 0 aromatic heterocycles. The fourth-order valence-electron chi connectivity index (χ4n) is 3.07. The summed E-state index contributed by atoms with van der Waals surface area (Å²) in [7, 11) is 3.20. The molecule has 1 aliphatic rings. The van der Waals surface area contributed by atoms with Crippen molar-refractivity contribution in [3.8, 4) is 0 Å². The Bertz CT molecular complexity index is 410. The van der Waals surface area contributed by atoms with Crippen molar-refractivity contribution in [3.05, 3.63) is 0 Å². The second kappa shape index (κ2) is 12.2. The largest absolute Gasteiger partial charge is 0.401 e. The van der Waals surface area contributed by atoms with Crippen molar-refractivity contribution in [2.45, 2.75) is 51.2 Å². The van der Waals surface area contributed by atoms with Crippen molar-refractivity contribution >= 4 is 29.9 Å². The van der Waals surface area contributed by atoms with Gasteiger partial charge in [0.2, 0.25) is 0 Å². The SMILES string of the molecule is CN=C(NCCCN(C)CC(F)(F)F)NCC(C)(C)N1CCCCC1.I. The topological polar surface area (TPSA) is 42.9 Å². The molecule has 5 nitrogen and oxygen atoms in total. The van der Waals surface area contributed by atoms with Crippen molar-refractivity contribution in [1.29, 1.82) is 0 Å². The molecule has 0 saturated carbocycles. The number of nitrogens with zero attached hydrogens (tertiary/aromatic N) is 3. The van der Waals surface area contributed by atoms with Crippen LogP contribution in [0.1, 0.15) is 39.5 Å². The predicted molar refractivity (Wildman–Crippen MR) is 112 cm³/mol. The van der Waals surface area contributed by atoms with Gasteiger partial charge in [-0.05, 0) is 59.8 Å². The summed E-state index contributed by atoms with van der Waals surface area (Å²) in [6.07, 6.45) is 0.304. The highest BCUT2D eigenvalue weighted by atomic mass is 127. The molecule has 1 heterocycles. The van der Waals surface area contributed by atoms with Crippen molar-refractivity contribution in [1.82, 2.24) is 20.4 Å². The molecule has 9 heteroatoms. The van der Waals surface area contributed by atoms with E-state index in [-0.39, 0.29) is 29.5 Å². The Labute approximate surface area is 173 Å². The van der Waals surface area contributed by atoms with Crippen LogP contribution in [0.4, 0.5) is 13.2 Å². The summed E-state index contributed by atoms with van der Waals surface area (Å²) in [5.41, 5.74) is 0.0466. The summed E-state index contributed by atoms with van der Waals surface area (Å²) in [5, 5.41) is 6.51. The number of aliphatic imine (C=N–C) groups is 1. The molecule has 0 aliphatic carbocycles. The molecular weight excluding hydrogens is 458 g/mol. The number of rotatable bonds is 8. The molecule has 0 aromatic rings. The van der Waals surface area contributed by atoms with E-state index in [4.69, 9.17) is 0 Å². The third kappa shape index (κ3) is 10.8. The maximum Gasteiger partial charge on any atom is 0.401 e. The van der Waals surface area contributed by atoms with Gasteiger partial charge in [0.25, 0.3) is 0 Å². The summed E-state index contributed by atoms with van der Waals surface area (Å²) in [6, 6.07) is 0. The van der Waals surface area contributed by atoms with Crippen LogP contribution in [0, 0.1) is 0 Å². The van der Waals surface area contributed by atoms with Crippen molar-refractivity contribution in [2.75, 3.05) is 53.4 Å². The van der Waals surface area contributed by atoms with Crippen LogP contribution in [-0.4, -0.2) is 80.8 Å². The zero-order chi connectivity index (χ0) is 18.9. The molecule has 0 bridgehead atoms. The molecule has 26 heavy (non-hydrogen) atoms. The Morgan fingerprint density at radius 1 is 1.12 bits per heavy atom. The zero-order valence-corrected chi connectivity index (χ0v) is 18.8. The number of alkyl halides is 3. The van der Waals surface area contributed by atoms with E-state index in [9.17, 15) is 13.2 Å². The van der Waals surface area contributed by atoms with Crippen molar-refractivity contribution < 1.29 is 13.2 Å². The number of piperidine rings is 1. The number of nitrogens with one attached hydrogen (secondary N) is 2. The normalized spacial score (nSPS) is 17.2. The van der Waals surface area contributed by atoms with E-state index < -0.39 is 12.7 Å². The molecule has 0 atom stereocenters. The average molecular weight is 493 g/mol. The molecule has 1 rings (SSSR count). The second-order valence-electron chi connectivity index (χ2n) is 7.42. The fraction of sp³-hybridized carbons (Fsp3) is 0.941. The summed E-state index contributed by atoms with van der Waals surface area (Å²) >= 11 is 0. The minimum absolute atomic E-state index is 0. The fourth-order valence-corrected chi connectivity index (χ4v) is 3.07. The Balaban J connectivity index is 0.00000625. The minimum Gasteiger partial charge on any atom is -0.356 e. The van der Waals surface area contributed by atoms with E-state index in [1.807, 2.05) is 0 Å². The van der Waals surface area contributed by atoms with E-state index in [0.29, 0.717) is 25.5 Å². The predicted octanol–water partition coefficient (Wildman–Crippen LogP) is 2.92. The Kier molecular flexibility index (Phi) is 12.1. The van der Waals surface area contributed by atoms with E-state index >= 15 is 0 Å². The molecule has 0 radical (unpaired) electrons. The lowest BCUT2D eigenvalue weighted by Crippen LogP contribution is -2.55. The first kappa shape index (κ1) is 25.7. The summed E-state index contributed by atoms with van der Waals surface area (Å²) in [5.74, 6) is 0.698. The lowest BCUT2D eigenvalue weighted by atomic mass is 9.98. The Morgan fingerprint density at radius 3 is 2.27 bits per heavy atom. The monoisotopic (exact) mass is 493 g/mol. The number of guanidine groups is 1. The van der Waals surface area contributed by atoms with Crippen LogP contribution < -0.4 is 10.6 Å². The highest BCUT2D eigenvalue weighted by molar-refractivity contribution is 14.0. The van der Waals surface area contributed by atoms with Crippen LogP contribution in [0.3, 0.4) is 0 Å². The van der Waals surface area contributed by atoms with Crippen LogP contribution in [0.15, 0.2) is 4.99 Å². The molecule has 0 aromatic carbocycles. The molecule has 2 N–H and O–H groups in total. The number of halogens is 4. The van der Waals surface area contributed by atoms with Gasteiger partial charge in [0, 0.05) is 25.7 Å². The molecule has 156 valence electrons. The van der Waals surface area contributed by atoms with Gasteiger partial charge in [-0.1, -0.05) is 6.42 Å². The van der Waals surface area contributed by atoms with E-state index in [0.717, 1.165) is 19.6 Å². The minimum atomic E-state index is -4.14. The van der Waals surface area contributed by atoms with Gasteiger partial charge in [-0.15, -0.1) is 24.0 Å². The van der Waals surface area contributed by atoms with Crippen LogP contribution in [-0.2, 0) is 0 Å². The molecule has 0 unspecified atom stereocenters. The summed E-state index contributed by atoms with van der Waals surface area (Å²) < 4.78 is 36.8. The highest BCUT2D eigenvalue weighted by Gasteiger charge is 2.29. The molecule has 1 fully saturated rings. The summed E-state index contributed by atoms with van der Waals surface area (Å²) in [4.78, 5) is 7.99. The Hall–Kier alpha value is -0.290. The average Bonchev–Trinajstić information content (AvgIpc) is 2.53. The third-order valence-corrected chi connectivity index (χ3v) is 4.58. The molecule has 0 spiro atoms. The standard InChI is InChI=1S/C17H34F3N5.HI/c1-16(2,25-11-6-5-7-12-25)13-23-15(21-3)22-9-8-10-24(4)14-17(18,19)20;/h5-14H2,1-4H3,(H2,21,22,23);1H. The highest BCUT2D eigenvalue weighted by Crippen LogP contribution is 2.19. The van der Waals surface area contributed by atoms with Gasteiger partial charge < -0.3 is 10.6 Å². The second-order valence-corrected chi connectivity index (χ2v) is 7.42. The molecular formula is C17H35F3IN5. The Morgan fingerprint density at radius 2 is 1.73 bits per heavy atom. The maximum absolute atomic E-state index is 12.3. The van der Waals surface area contributed by atoms with Gasteiger partial charge in [-0.2, -0.15) is 13.2 Å². The first-order valence-corrected chi connectivity index (χ1v) is 9.09. The van der Waals surface area contributed by atoms with Crippen molar-refractivity contribution in [3.63, 3.8) is 0 Å². The van der Waals surface area contributed by atoms with Gasteiger partial charge in [0.15, 0.2) is 5.96 Å². The number of hydrogen-bond acceptors (Lipinski definition) is 3. The lowest BCUT2D eigenvalue weighted by molar-refractivity contribution is -0.143. The van der Waals surface area contributed by atoms with Crippen LogP contribution in [0.2, 0.25) is 0 Å². The van der Waals surface area contributed by atoms with Gasteiger partial charge in [0.1, 0.15) is 0 Å². The first-order chi connectivity index (χ1) is 11.6. The molecule has 0 amide bonds. The van der Waals surface area contributed by atoms with Gasteiger partial charge in [0.05, 0.1) is 6.54 Å². The van der Waals surface area contributed by atoms with Crippen LogP contribution in [0.5, 0.6) is 0 Å². The van der Waals surface area contributed by atoms with E-state index in [1.165, 1.54) is 31.2 Å². The molecule has 1 saturated heterocycles. The van der Waals surface area contributed by atoms with Crippen LogP contribution in [0.25, 0.3) is 0 Å². The quantitative estimate of drug-likeness (QED) is 0.236. The van der Waals surface area contributed by atoms with Gasteiger partial charge in [-0.3, -0.25) is 14.8 Å². The zero-order valence-electron chi connectivity index (χ0n) is 16.5. The summed E-state index contributed by atoms with van der Waals surface area (Å²) in [6.45, 7) is 7.60. The van der Waals surface area contributed by atoms with E-state index in [2.05, 4.69) is 34.4 Å².